The molecule has 2 N–H and O–H groups in total. The van der Waals surface area contributed by atoms with Gasteiger partial charge in [0.2, 0.25) is 12.7 Å². The molecule has 0 saturated carbocycles. The predicted molar refractivity (Wildman–Crippen MR) is 151 cm³/mol. The van der Waals surface area contributed by atoms with Gasteiger partial charge in [0.25, 0.3) is 5.91 Å². The Morgan fingerprint density at radius 3 is 2.76 bits per heavy atom. The highest BCUT2D eigenvalue weighted by atomic mass is 16.7. The van der Waals surface area contributed by atoms with Crippen LogP contribution < -0.4 is 20.1 Å². The third-order valence-corrected chi connectivity index (χ3v) is 7.72. The Labute approximate surface area is 239 Å². The third-order valence-electron chi connectivity index (χ3n) is 7.72. The Bertz CT molecular complexity index is 1330. The van der Waals surface area contributed by atoms with Gasteiger partial charge in [-0.05, 0) is 68.7 Å². The molecule has 216 valence electrons. The van der Waals surface area contributed by atoms with Gasteiger partial charge in [-0.1, -0.05) is 35.9 Å². The number of urea groups is 1. The maximum Gasteiger partial charge on any atom is 0.501 e. The summed E-state index contributed by atoms with van der Waals surface area (Å²) in [5.41, 5.74) is 2.80. The number of carbonyl (C=O) groups excluding carboxylic acids is 4. The van der Waals surface area contributed by atoms with E-state index in [0.29, 0.717) is 43.1 Å². The Morgan fingerprint density at radius 1 is 1.02 bits per heavy atom. The lowest BCUT2D eigenvalue weighted by atomic mass is 9.94. The molecular weight excluding hydrogens is 524 g/mol. The van der Waals surface area contributed by atoms with Crippen molar-refractivity contribution in [2.75, 3.05) is 26.4 Å². The lowest BCUT2D eigenvalue weighted by molar-refractivity contribution is -0.428. The van der Waals surface area contributed by atoms with Crippen LogP contribution in [0, 0.1) is 5.92 Å². The summed E-state index contributed by atoms with van der Waals surface area (Å²) in [6.45, 7) is 1.13. The van der Waals surface area contributed by atoms with Gasteiger partial charge in [0.05, 0.1) is 6.54 Å². The Morgan fingerprint density at radius 2 is 1.90 bits per heavy atom. The van der Waals surface area contributed by atoms with E-state index in [-0.39, 0.29) is 44.0 Å². The predicted octanol–water partition coefficient (Wildman–Crippen LogP) is 3.37. The molecule has 41 heavy (non-hydrogen) atoms. The minimum atomic E-state index is -0.608. The SMILES string of the molecule is O=C(CCCCN1C(=O)C2C=CC=CC2=[N+](CC(=O)NCCC2=CCCCC2)C1=O)NCc1ccc2c(c1)OCO2. The second-order valence-corrected chi connectivity index (χ2v) is 10.6. The molecule has 1 aromatic rings. The number of allylic oxidation sites excluding steroid dienone is 4. The van der Waals surface area contributed by atoms with Gasteiger partial charge in [0, 0.05) is 19.5 Å². The Balaban J connectivity index is 1.10. The molecule has 0 spiro atoms. The average Bonchev–Trinajstić information content (AvgIpc) is 3.46. The Hall–Kier alpha value is -4.21. The number of fused-ring (bicyclic) bond motifs is 2. The van der Waals surface area contributed by atoms with Gasteiger partial charge in [-0.25, -0.2) is 4.79 Å². The van der Waals surface area contributed by atoms with Crippen molar-refractivity contribution in [3.05, 3.63) is 59.7 Å². The van der Waals surface area contributed by atoms with Crippen LogP contribution >= 0.6 is 0 Å². The van der Waals surface area contributed by atoms with E-state index >= 15 is 0 Å². The number of imide groups is 1. The highest BCUT2D eigenvalue weighted by molar-refractivity contribution is 6.16. The van der Waals surface area contributed by atoms with Gasteiger partial charge >= 0.3 is 11.9 Å². The van der Waals surface area contributed by atoms with E-state index in [0.717, 1.165) is 24.8 Å². The minimum Gasteiger partial charge on any atom is -0.454 e. The number of unbranched alkanes of at least 4 members (excludes halogenated alkanes) is 1. The second kappa shape index (κ2) is 13.4. The van der Waals surface area contributed by atoms with Crippen molar-refractivity contribution < 1.29 is 33.2 Å². The molecule has 1 unspecified atom stereocenters. The van der Waals surface area contributed by atoms with Gasteiger partial charge in [0.1, 0.15) is 11.6 Å². The molecule has 0 fully saturated rings. The summed E-state index contributed by atoms with van der Waals surface area (Å²) in [6, 6.07) is 5.04. The van der Waals surface area contributed by atoms with E-state index in [1.165, 1.54) is 27.9 Å². The smallest absolute Gasteiger partial charge is 0.454 e. The molecular formula is C31H37N4O6+. The molecule has 10 nitrogen and oxygen atoms in total. The topological polar surface area (TPSA) is 117 Å². The van der Waals surface area contributed by atoms with Gasteiger partial charge in [-0.3, -0.25) is 9.59 Å². The van der Waals surface area contributed by atoms with Crippen LogP contribution in [0.1, 0.15) is 56.9 Å². The fourth-order valence-electron chi connectivity index (χ4n) is 5.47. The first kappa shape index (κ1) is 28.3. The molecule has 2 aliphatic heterocycles. The largest absolute Gasteiger partial charge is 0.501 e. The molecule has 5 amide bonds. The zero-order chi connectivity index (χ0) is 28.6. The molecule has 1 atom stereocenters. The lowest BCUT2D eigenvalue weighted by Gasteiger charge is -2.26. The fourth-order valence-corrected chi connectivity index (χ4v) is 5.47. The molecule has 5 rings (SSSR count). The number of nitrogens with zero attached hydrogens (tertiary/aromatic N) is 2. The normalized spacial score (nSPS) is 19.3. The quantitative estimate of drug-likeness (QED) is 0.230. The van der Waals surface area contributed by atoms with Crippen LogP contribution in [0.25, 0.3) is 0 Å². The highest BCUT2D eigenvalue weighted by Crippen LogP contribution is 2.32. The maximum absolute atomic E-state index is 13.4. The third kappa shape index (κ3) is 7.11. The van der Waals surface area contributed by atoms with Crippen LogP contribution in [0.2, 0.25) is 0 Å². The van der Waals surface area contributed by atoms with Gasteiger partial charge < -0.3 is 20.1 Å². The van der Waals surface area contributed by atoms with Crippen molar-refractivity contribution in [1.82, 2.24) is 15.5 Å². The zero-order valence-corrected chi connectivity index (χ0v) is 23.2. The standard InChI is InChI=1S/C31H36N4O6/c36-28(33-19-23-13-14-26-27(18-23)41-21-40-26)12-6-7-17-34-30(38)24-10-4-5-11-25(24)35(31(34)39)20-29(37)32-16-15-22-8-2-1-3-9-22/h4-5,8,10-11,13-14,18,24H,1-3,6-7,9,12,15-17,19-21H2,(H-,32,33,36,37)/p+1. The van der Waals surface area contributed by atoms with Crippen molar-refractivity contribution in [2.45, 2.75) is 57.9 Å². The van der Waals surface area contributed by atoms with E-state index < -0.39 is 11.9 Å². The first-order valence-electron chi connectivity index (χ1n) is 14.4. The van der Waals surface area contributed by atoms with Crippen LogP contribution in [0.15, 0.2) is 54.2 Å². The molecule has 4 aliphatic rings. The van der Waals surface area contributed by atoms with Crippen LogP contribution in [0.3, 0.4) is 0 Å². The van der Waals surface area contributed by atoms with Crippen LogP contribution in [-0.4, -0.2) is 65.4 Å². The first-order chi connectivity index (χ1) is 20.0. The number of hydrogen-bond acceptors (Lipinski definition) is 6. The summed E-state index contributed by atoms with van der Waals surface area (Å²) < 4.78 is 12.1. The second-order valence-electron chi connectivity index (χ2n) is 10.6. The molecule has 0 bridgehead atoms. The van der Waals surface area contributed by atoms with Crippen molar-refractivity contribution in [3.8, 4) is 11.5 Å². The maximum atomic E-state index is 13.4. The van der Waals surface area contributed by atoms with Crippen molar-refractivity contribution >= 4 is 29.5 Å². The monoisotopic (exact) mass is 561 g/mol. The first-order valence-corrected chi connectivity index (χ1v) is 14.4. The van der Waals surface area contributed by atoms with Gasteiger partial charge in [-0.15, -0.1) is 0 Å². The Kier molecular flexibility index (Phi) is 9.28. The van der Waals surface area contributed by atoms with Crippen molar-refractivity contribution in [2.24, 2.45) is 5.92 Å². The summed E-state index contributed by atoms with van der Waals surface area (Å²) in [7, 11) is 0. The molecule has 0 saturated heterocycles. The van der Waals surface area contributed by atoms with E-state index in [1.807, 2.05) is 18.2 Å². The van der Waals surface area contributed by atoms with Crippen molar-refractivity contribution in [1.29, 1.82) is 0 Å². The molecule has 1 aromatic carbocycles. The van der Waals surface area contributed by atoms with Gasteiger partial charge in [-0.2, -0.15) is 14.3 Å². The average molecular weight is 562 g/mol. The number of benzene rings is 1. The van der Waals surface area contributed by atoms with Gasteiger partial charge in [0.15, 0.2) is 18.0 Å². The number of amides is 5. The van der Waals surface area contributed by atoms with Crippen LogP contribution in [0.4, 0.5) is 4.79 Å². The minimum absolute atomic E-state index is 0.114. The summed E-state index contributed by atoms with van der Waals surface area (Å²) in [5, 5.41) is 5.82. The fraction of sp³-hybridized carbons (Fsp3) is 0.452. The molecule has 2 aliphatic carbocycles. The zero-order valence-electron chi connectivity index (χ0n) is 23.2. The summed E-state index contributed by atoms with van der Waals surface area (Å²) in [4.78, 5) is 52.9. The number of nitrogens with one attached hydrogen (secondary N) is 2. The molecule has 0 aromatic heterocycles. The number of rotatable bonds is 12. The van der Waals surface area contributed by atoms with E-state index in [2.05, 4.69) is 16.7 Å². The number of carbonyl (C=O) groups is 4. The van der Waals surface area contributed by atoms with Crippen LogP contribution in [-0.2, 0) is 20.9 Å². The number of ether oxygens (including phenoxy) is 2. The number of hydrogen-bond donors (Lipinski definition) is 2. The van der Waals surface area contributed by atoms with E-state index in [4.69, 9.17) is 9.47 Å². The molecule has 10 heteroatoms. The van der Waals surface area contributed by atoms with Crippen molar-refractivity contribution in [3.63, 3.8) is 0 Å². The van der Waals surface area contributed by atoms with Crippen LogP contribution in [0.5, 0.6) is 11.5 Å². The lowest BCUT2D eigenvalue weighted by Crippen LogP contribution is -2.56. The summed E-state index contributed by atoms with van der Waals surface area (Å²) >= 11 is 0. The van der Waals surface area contributed by atoms with E-state index in [9.17, 15) is 19.2 Å². The highest BCUT2D eigenvalue weighted by Gasteiger charge is 2.46. The summed E-state index contributed by atoms with van der Waals surface area (Å²) in [5.74, 6) is 0.0780. The molecule has 0 radical (unpaired) electrons. The van der Waals surface area contributed by atoms with E-state index in [1.54, 1.807) is 24.3 Å². The molecule has 2 heterocycles. The summed E-state index contributed by atoms with van der Waals surface area (Å²) in [6.07, 6.45) is 15.9.